The molecule has 11 nitrogen and oxygen atoms in total. The maximum Gasteiger partial charge on any atom is 0.413 e. The highest BCUT2D eigenvalue weighted by Crippen LogP contribution is 2.39. The van der Waals surface area contributed by atoms with Crippen molar-refractivity contribution < 1.29 is 19.1 Å². The summed E-state index contributed by atoms with van der Waals surface area (Å²) in [5.41, 5.74) is -1.17. The Hall–Kier alpha value is -3.61. The number of aromatic nitrogens is 3. The molecule has 0 saturated carbocycles. The van der Waals surface area contributed by atoms with Crippen molar-refractivity contribution in [3.63, 3.8) is 0 Å². The molecule has 0 fully saturated rings. The fraction of sp³-hybridized carbons (Fsp3) is 0.269. The number of carbonyl (C=O) groups is 2. The Morgan fingerprint density at radius 2 is 1.85 bits per heavy atom. The van der Waals surface area contributed by atoms with Crippen molar-refractivity contribution in [3.05, 3.63) is 77.8 Å². The van der Waals surface area contributed by atoms with E-state index < -0.39 is 23.2 Å². The molecule has 2 aromatic carbocycles. The number of rotatable bonds is 10. The van der Waals surface area contributed by atoms with Crippen LogP contribution in [0.5, 0.6) is 11.5 Å². The van der Waals surface area contributed by atoms with Crippen LogP contribution in [0.15, 0.2) is 56.5 Å². The van der Waals surface area contributed by atoms with Crippen molar-refractivity contribution >= 4 is 62.6 Å². The van der Waals surface area contributed by atoms with Crippen LogP contribution in [0, 0.1) is 5.92 Å². The van der Waals surface area contributed by atoms with E-state index in [1.807, 2.05) is 20.8 Å². The molecule has 3 aromatic rings. The van der Waals surface area contributed by atoms with Crippen LogP contribution in [-0.4, -0.2) is 33.4 Å². The Morgan fingerprint density at radius 1 is 1.15 bits per heavy atom. The average Bonchev–Trinajstić information content (AvgIpc) is 2.88. The van der Waals surface area contributed by atoms with Crippen molar-refractivity contribution in [1.29, 1.82) is 0 Å². The summed E-state index contributed by atoms with van der Waals surface area (Å²) in [6, 6.07) is 7.57. The number of amides is 2. The zero-order valence-corrected chi connectivity index (χ0v) is 24.8. The summed E-state index contributed by atoms with van der Waals surface area (Å²) in [5.74, 6) is -0.0483. The normalized spacial score (nSPS) is 11.1. The summed E-state index contributed by atoms with van der Waals surface area (Å²) in [5, 5.41) is 8.96. The van der Waals surface area contributed by atoms with Crippen LogP contribution in [0.1, 0.15) is 33.6 Å². The first-order valence-electron chi connectivity index (χ1n) is 12.1. The van der Waals surface area contributed by atoms with E-state index in [1.54, 1.807) is 24.3 Å². The standard InChI is InChI=1S/C26H26BrCl2N5O6/c1-4-5-10-39-26(38)31-23-24(36)32-25(37)34(33-23)15-11-18(28)22(19(29)12-15)40-16-7-8-20(17(27)13-16)30-21(35)9-6-14(2)3/h6-9,11-14H,4-5,10H2,1-3H3,(H,30,35)(H,31,33,38)(H,32,36,37). The van der Waals surface area contributed by atoms with E-state index in [0.717, 1.165) is 11.1 Å². The molecule has 1 aromatic heterocycles. The van der Waals surface area contributed by atoms with Gasteiger partial charge in [-0.25, -0.2) is 9.59 Å². The molecule has 0 bridgehead atoms. The first-order chi connectivity index (χ1) is 19.0. The summed E-state index contributed by atoms with van der Waals surface area (Å²) in [6.07, 6.45) is 3.82. The van der Waals surface area contributed by atoms with E-state index in [2.05, 4.69) is 36.6 Å². The Kier molecular flexibility index (Phi) is 10.9. The van der Waals surface area contributed by atoms with Crippen LogP contribution in [-0.2, 0) is 9.53 Å². The maximum absolute atomic E-state index is 12.5. The fourth-order valence-electron chi connectivity index (χ4n) is 3.10. The number of H-pyrrole nitrogens is 1. The van der Waals surface area contributed by atoms with Gasteiger partial charge in [-0.3, -0.25) is 19.9 Å². The highest BCUT2D eigenvalue weighted by atomic mass is 79.9. The molecule has 40 heavy (non-hydrogen) atoms. The highest BCUT2D eigenvalue weighted by Gasteiger charge is 2.17. The number of carbonyl (C=O) groups excluding carboxylic acids is 2. The molecule has 0 saturated heterocycles. The summed E-state index contributed by atoms with van der Waals surface area (Å²) >= 11 is 16.2. The van der Waals surface area contributed by atoms with E-state index in [0.29, 0.717) is 22.3 Å². The van der Waals surface area contributed by atoms with Crippen LogP contribution in [0.2, 0.25) is 10.0 Å². The second-order valence-electron chi connectivity index (χ2n) is 8.71. The Balaban J connectivity index is 1.82. The molecular weight excluding hydrogens is 629 g/mol. The number of nitrogens with one attached hydrogen (secondary N) is 3. The number of unbranched alkanes of at least 4 members (excludes halogenated alkanes) is 1. The van der Waals surface area contributed by atoms with Crippen LogP contribution in [0.3, 0.4) is 0 Å². The molecule has 3 rings (SSSR count). The molecule has 212 valence electrons. The van der Waals surface area contributed by atoms with Crippen LogP contribution < -0.4 is 26.6 Å². The minimum absolute atomic E-state index is 0.0307. The van der Waals surface area contributed by atoms with Gasteiger partial charge in [-0.05, 0) is 64.7 Å². The van der Waals surface area contributed by atoms with E-state index >= 15 is 0 Å². The molecule has 1 heterocycles. The van der Waals surface area contributed by atoms with E-state index in [1.165, 1.54) is 18.2 Å². The van der Waals surface area contributed by atoms with Crippen molar-refractivity contribution in [2.45, 2.75) is 33.6 Å². The zero-order valence-electron chi connectivity index (χ0n) is 21.7. The van der Waals surface area contributed by atoms with Gasteiger partial charge in [0.15, 0.2) is 5.75 Å². The lowest BCUT2D eigenvalue weighted by Gasteiger charge is -2.14. The monoisotopic (exact) mass is 653 g/mol. The van der Waals surface area contributed by atoms with Gasteiger partial charge >= 0.3 is 11.8 Å². The molecule has 0 aliphatic carbocycles. The van der Waals surface area contributed by atoms with Crippen molar-refractivity contribution in [2.24, 2.45) is 5.92 Å². The Labute approximate surface area is 247 Å². The predicted molar refractivity (Wildman–Crippen MR) is 157 cm³/mol. The van der Waals surface area contributed by atoms with Crippen LogP contribution in [0.4, 0.5) is 16.3 Å². The third-order valence-corrected chi connectivity index (χ3v) is 6.28. The van der Waals surface area contributed by atoms with Crippen molar-refractivity contribution in [2.75, 3.05) is 17.2 Å². The predicted octanol–water partition coefficient (Wildman–Crippen LogP) is 6.28. The minimum atomic E-state index is -0.910. The number of hydrogen-bond acceptors (Lipinski definition) is 7. The summed E-state index contributed by atoms with van der Waals surface area (Å²) in [6.45, 7) is 6.02. The minimum Gasteiger partial charge on any atom is -0.454 e. The number of aromatic amines is 1. The number of ether oxygens (including phenoxy) is 2. The SMILES string of the molecule is CCCCOC(=O)Nc1nn(-c2cc(Cl)c(Oc3ccc(NC(=O)C=CC(C)C)c(Br)c3)c(Cl)c2)c(=O)[nH]c1=O. The van der Waals surface area contributed by atoms with Crippen molar-refractivity contribution in [3.8, 4) is 17.2 Å². The lowest BCUT2D eigenvalue weighted by molar-refractivity contribution is -0.111. The molecule has 0 aliphatic rings. The average molecular weight is 655 g/mol. The number of anilines is 2. The van der Waals surface area contributed by atoms with Gasteiger partial charge in [-0.15, -0.1) is 5.10 Å². The molecule has 0 aliphatic heterocycles. The summed E-state index contributed by atoms with van der Waals surface area (Å²) < 4.78 is 12.2. The Bertz CT molecular complexity index is 1530. The lowest BCUT2D eigenvalue weighted by atomic mass is 10.2. The third kappa shape index (κ3) is 8.44. The number of nitrogens with zero attached hydrogens (tertiary/aromatic N) is 2. The molecule has 0 atom stereocenters. The third-order valence-electron chi connectivity index (χ3n) is 5.06. The number of allylic oxidation sites excluding steroid dienone is 1. The summed E-state index contributed by atoms with van der Waals surface area (Å²) in [7, 11) is 0. The molecule has 0 spiro atoms. The number of halogens is 3. The molecule has 0 radical (unpaired) electrons. The largest absolute Gasteiger partial charge is 0.454 e. The first-order valence-corrected chi connectivity index (χ1v) is 13.7. The van der Waals surface area contributed by atoms with Crippen LogP contribution in [0.25, 0.3) is 5.69 Å². The second-order valence-corrected chi connectivity index (χ2v) is 10.4. The first kappa shape index (κ1) is 30.9. The molecule has 2 amide bonds. The zero-order chi connectivity index (χ0) is 29.4. The van der Waals surface area contributed by atoms with Gasteiger partial charge in [-0.1, -0.05) is 56.5 Å². The van der Waals surface area contributed by atoms with E-state index in [9.17, 15) is 19.2 Å². The quantitative estimate of drug-likeness (QED) is 0.172. The fourth-order valence-corrected chi connectivity index (χ4v) is 4.11. The van der Waals surface area contributed by atoms with Gasteiger partial charge in [-0.2, -0.15) is 4.68 Å². The van der Waals surface area contributed by atoms with Gasteiger partial charge in [0, 0.05) is 4.47 Å². The van der Waals surface area contributed by atoms with Crippen LogP contribution >= 0.6 is 39.1 Å². The Morgan fingerprint density at radius 3 is 2.48 bits per heavy atom. The number of benzene rings is 2. The van der Waals surface area contributed by atoms with Gasteiger partial charge < -0.3 is 14.8 Å². The van der Waals surface area contributed by atoms with Gasteiger partial charge in [0.05, 0.1) is 28.0 Å². The van der Waals surface area contributed by atoms with Gasteiger partial charge in [0.25, 0.3) is 5.56 Å². The topological polar surface area (TPSA) is 144 Å². The summed E-state index contributed by atoms with van der Waals surface area (Å²) in [4.78, 5) is 50.7. The second kappa shape index (κ2) is 14.1. The molecular formula is C26H26BrCl2N5O6. The molecule has 14 heteroatoms. The number of hydrogen-bond donors (Lipinski definition) is 3. The van der Waals surface area contributed by atoms with E-state index in [4.69, 9.17) is 32.7 Å². The maximum atomic E-state index is 12.5. The van der Waals surface area contributed by atoms with E-state index in [-0.39, 0.29) is 39.9 Å². The van der Waals surface area contributed by atoms with Gasteiger partial charge in [0.1, 0.15) is 5.75 Å². The molecule has 0 unspecified atom stereocenters. The lowest BCUT2D eigenvalue weighted by Crippen LogP contribution is -2.34. The highest BCUT2D eigenvalue weighted by molar-refractivity contribution is 9.10. The van der Waals surface area contributed by atoms with Crippen molar-refractivity contribution in [1.82, 2.24) is 14.8 Å². The molecule has 3 N–H and O–H groups in total. The van der Waals surface area contributed by atoms with Gasteiger partial charge in [0.2, 0.25) is 11.7 Å². The smallest absolute Gasteiger partial charge is 0.413 e.